The van der Waals surface area contributed by atoms with Crippen LogP contribution in [0.3, 0.4) is 0 Å². The molecule has 48 heavy (non-hydrogen) atoms. The van der Waals surface area contributed by atoms with Crippen molar-refractivity contribution in [1.29, 1.82) is 0 Å². The molecule has 1 aliphatic rings. The topological polar surface area (TPSA) is 112 Å². The summed E-state index contributed by atoms with van der Waals surface area (Å²) >= 11 is 0. The molecule has 2 heterocycles. The van der Waals surface area contributed by atoms with Crippen molar-refractivity contribution >= 4 is 40.8 Å². The first-order valence-electron chi connectivity index (χ1n) is 15.2. The minimum atomic E-state index is -4.59. The second kappa shape index (κ2) is 14.7. The van der Waals surface area contributed by atoms with Crippen LogP contribution >= 0.6 is 0 Å². The van der Waals surface area contributed by atoms with Gasteiger partial charge >= 0.3 is 12.2 Å². The number of urea groups is 1. The summed E-state index contributed by atoms with van der Waals surface area (Å²) in [6.07, 6.45) is -2.96. The molecule has 0 fully saturated rings. The fraction of sp³-hybridized carbons (Fsp3) is 0.294. The molecule has 0 aliphatic carbocycles. The Morgan fingerprint density at radius 3 is 2.46 bits per heavy atom. The molecule has 5 rings (SSSR count). The van der Waals surface area contributed by atoms with Crippen molar-refractivity contribution in [3.8, 4) is 5.75 Å². The maximum Gasteiger partial charge on any atom is 0.416 e. The Kier molecular flexibility index (Phi) is 10.4. The van der Waals surface area contributed by atoms with Crippen LogP contribution in [0, 0.1) is 0 Å². The molecule has 2 N–H and O–H groups in total. The largest absolute Gasteiger partial charge is 0.497 e. The summed E-state index contributed by atoms with van der Waals surface area (Å²) < 4.78 is 50.7. The molecule has 0 spiro atoms. The Bertz CT molecular complexity index is 1760. The van der Waals surface area contributed by atoms with Crippen LogP contribution in [0.4, 0.5) is 46.8 Å². The number of carbonyl (C=O) groups excluding carboxylic acids is 2. The standard InChI is InChI=1S/C34H36F3N7O4/c1-5-43(6-2)21-48-20-22-10-12-26(13-11-22)40-32-38-18-24-19-44(33(46)42(3)30(24)41-32)28-15-27(16-29(17-28)47-4)39-31(45)23-8-7-9-25(14-23)34(35,36)37/h7-18H,5-6,19-21H2,1-4H3,(H,39,45)(H,38,40,41). The van der Waals surface area contributed by atoms with Crippen molar-refractivity contribution in [1.82, 2.24) is 14.9 Å². The number of ether oxygens (including phenoxy) is 2. The van der Waals surface area contributed by atoms with E-state index in [4.69, 9.17) is 9.47 Å². The Morgan fingerprint density at radius 1 is 1.02 bits per heavy atom. The summed E-state index contributed by atoms with van der Waals surface area (Å²) in [5, 5.41) is 5.79. The fourth-order valence-electron chi connectivity index (χ4n) is 5.05. The molecule has 0 unspecified atom stereocenters. The van der Waals surface area contributed by atoms with Crippen molar-refractivity contribution < 1.29 is 32.2 Å². The van der Waals surface area contributed by atoms with Crippen LogP contribution in [0.5, 0.6) is 5.75 Å². The zero-order chi connectivity index (χ0) is 34.4. The maximum atomic E-state index is 13.6. The van der Waals surface area contributed by atoms with Gasteiger partial charge in [0.25, 0.3) is 5.91 Å². The average Bonchev–Trinajstić information content (AvgIpc) is 3.08. The maximum absolute atomic E-state index is 13.6. The number of amides is 3. The first-order valence-corrected chi connectivity index (χ1v) is 15.2. The highest BCUT2D eigenvalue weighted by atomic mass is 19.4. The molecule has 0 radical (unpaired) electrons. The van der Waals surface area contributed by atoms with Crippen molar-refractivity contribution in [2.24, 2.45) is 0 Å². The summed E-state index contributed by atoms with van der Waals surface area (Å²) in [6, 6.07) is 16.1. The van der Waals surface area contributed by atoms with Gasteiger partial charge in [-0.15, -0.1) is 0 Å². The second-order valence-corrected chi connectivity index (χ2v) is 11.0. The first kappa shape index (κ1) is 34.1. The van der Waals surface area contributed by atoms with Crippen molar-refractivity contribution in [3.63, 3.8) is 0 Å². The lowest BCUT2D eigenvalue weighted by Gasteiger charge is -2.34. The van der Waals surface area contributed by atoms with E-state index in [1.807, 2.05) is 24.3 Å². The van der Waals surface area contributed by atoms with E-state index in [0.29, 0.717) is 42.1 Å². The highest BCUT2D eigenvalue weighted by Gasteiger charge is 2.32. The number of nitrogens with one attached hydrogen (secondary N) is 2. The number of anilines is 5. The molecule has 0 bridgehead atoms. The minimum absolute atomic E-state index is 0.120. The average molecular weight is 664 g/mol. The molecule has 1 aromatic heterocycles. The van der Waals surface area contributed by atoms with Gasteiger partial charge in [0.1, 0.15) is 11.6 Å². The van der Waals surface area contributed by atoms with E-state index in [1.54, 1.807) is 25.4 Å². The number of rotatable bonds is 12. The smallest absolute Gasteiger partial charge is 0.416 e. The number of fused-ring (bicyclic) bond motifs is 1. The number of alkyl halides is 3. The summed E-state index contributed by atoms with van der Waals surface area (Å²) in [7, 11) is 3.02. The monoisotopic (exact) mass is 663 g/mol. The molecule has 0 saturated carbocycles. The van der Waals surface area contributed by atoms with E-state index >= 15 is 0 Å². The van der Waals surface area contributed by atoms with Crippen LogP contribution in [0.25, 0.3) is 0 Å². The fourth-order valence-corrected chi connectivity index (χ4v) is 5.05. The lowest BCUT2D eigenvalue weighted by Crippen LogP contribution is -2.46. The van der Waals surface area contributed by atoms with E-state index < -0.39 is 23.7 Å². The molecule has 14 heteroatoms. The van der Waals surface area contributed by atoms with E-state index in [1.165, 1.54) is 35.1 Å². The number of aromatic nitrogens is 2. The molecular weight excluding hydrogens is 627 g/mol. The third-order valence-corrected chi connectivity index (χ3v) is 7.80. The van der Waals surface area contributed by atoms with Crippen LogP contribution in [0.1, 0.15) is 40.9 Å². The van der Waals surface area contributed by atoms with Gasteiger partial charge in [-0.3, -0.25) is 19.5 Å². The van der Waals surface area contributed by atoms with Crippen molar-refractivity contribution in [3.05, 3.63) is 95.2 Å². The summed E-state index contributed by atoms with van der Waals surface area (Å²) in [6.45, 7) is 7.22. The Hall–Kier alpha value is -5.21. The second-order valence-electron chi connectivity index (χ2n) is 11.0. The van der Waals surface area contributed by atoms with Crippen LogP contribution in [0.15, 0.2) is 72.9 Å². The molecule has 4 aromatic rings. The van der Waals surface area contributed by atoms with Gasteiger partial charge in [0.15, 0.2) is 0 Å². The Labute approximate surface area is 276 Å². The minimum Gasteiger partial charge on any atom is -0.497 e. The van der Waals surface area contributed by atoms with Crippen molar-refractivity contribution in [2.75, 3.05) is 54.4 Å². The quantitative estimate of drug-likeness (QED) is 0.158. The molecule has 3 aromatic carbocycles. The number of methoxy groups -OCH3 is 1. The van der Waals surface area contributed by atoms with Gasteiger partial charge in [-0.2, -0.15) is 18.2 Å². The van der Waals surface area contributed by atoms with Gasteiger partial charge in [-0.25, -0.2) is 9.78 Å². The summed E-state index contributed by atoms with van der Waals surface area (Å²) in [5.41, 5.74) is 1.97. The molecule has 0 saturated heterocycles. The summed E-state index contributed by atoms with van der Waals surface area (Å²) in [4.78, 5) is 40.5. The van der Waals surface area contributed by atoms with Crippen LogP contribution in [-0.2, 0) is 24.1 Å². The Morgan fingerprint density at radius 2 is 1.77 bits per heavy atom. The van der Waals surface area contributed by atoms with Crippen LogP contribution < -0.4 is 25.2 Å². The molecule has 252 valence electrons. The number of hydrogen-bond acceptors (Lipinski definition) is 8. The van der Waals surface area contributed by atoms with E-state index in [0.717, 1.165) is 36.5 Å². The molecule has 1 aliphatic heterocycles. The van der Waals surface area contributed by atoms with Gasteiger partial charge in [0.05, 0.1) is 38.2 Å². The number of benzene rings is 3. The third kappa shape index (κ3) is 8.01. The van der Waals surface area contributed by atoms with Gasteiger partial charge in [0.2, 0.25) is 5.95 Å². The highest BCUT2D eigenvalue weighted by Crippen LogP contribution is 2.35. The number of carbonyl (C=O) groups is 2. The third-order valence-electron chi connectivity index (χ3n) is 7.80. The predicted octanol–water partition coefficient (Wildman–Crippen LogP) is 6.89. The molecule has 0 atom stereocenters. The SMILES string of the molecule is CCN(CC)COCc1ccc(Nc2ncc3c(n2)N(C)C(=O)N(c2cc(NC(=O)c4cccc(C(F)(F)F)c4)cc(OC)c2)C3)cc1. The van der Waals surface area contributed by atoms with Gasteiger partial charge < -0.3 is 20.1 Å². The summed E-state index contributed by atoms with van der Waals surface area (Å²) in [5.74, 6) is 0.314. The van der Waals surface area contributed by atoms with Gasteiger partial charge in [-0.1, -0.05) is 32.0 Å². The van der Waals surface area contributed by atoms with E-state index in [2.05, 4.69) is 39.3 Å². The lowest BCUT2D eigenvalue weighted by atomic mass is 10.1. The van der Waals surface area contributed by atoms with E-state index in [-0.39, 0.29) is 17.8 Å². The number of hydrogen-bond donors (Lipinski definition) is 2. The van der Waals surface area contributed by atoms with Gasteiger partial charge in [0, 0.05) is 47.9 Å². The number of nitrogens with zero attached hydrogens (tertiary/aromatic N) is 5. The molecule has 3 amide bonds. The zero-order valence-corrected chi connectivity index (χ0v) is 27.0. The predicted molar refractivity (Wildman–Crippen MR) is 177 cm³/mol. The first-order chi connectivity index (χ1) is 23.0. The number of halogens is 3. The normalized spacial score (nSPS) is 13.0. The molecular formula is C34H36F3N7O4. The molecule has 11 nitrogen and oxygen atoms in total. The lowest BCUT2D eigenvalue weighted by molar-refractivity contribution is -0.137. The van der Waals surface area contributed by atoms with E-state index in [9.17, 15) is 22.8 Å². The highest BCUT2D eigenvalue weighted by molar-refractivity contribution is 6.07. The van der Waals surface area contributed by atoms with Crippen LogP contribution in [0.2, 0.25) is 0 Å². The zero-order valence-electron chi connectivity index (χ0n) is 27.0. The van der Waals surface area contributed by atoms with Gasteiger partial charge in [-0.05, 0) is 55.1 Å². The van der Waals surface area contributed by atoms with Crippen molar-refractivity contribution in [2.45, 2.75) is 33.2 Å². The Balaban J connectivity index is 1.29. The van der Waals surface area contributed by atoms with Crippen LogP contribution in [-0.4, -0.2) is 60.8 Å².